The van der Waals surface area contributed by atoms with E-state index < -0.39 is 0 Å². The third kappa shape index (κ3) is 2.77. The van der Waals surface area contributed by atoms with Crippen LogP contribution in [0.1, 0.15) is 28.8 Å². The van der Waals surface area contributed by atoms with Gasteiger partial charge < -0.3 is 16.4 Å². The molecule has 1 heterocycles. The molecule has 0 spiro atoms. The summed E-state index contributed by atoms with van der Waals surface area (Å²) in [5, 5.41) is 6.23. The Bertz CT molecular complexity index is 404. The lowest BCUT2D eigenvalue weighted by Gasteiger charge is -2.20. The van der Waals surface area contributed by atoms with Gasteiger partial charge in [0.2, 0.25) is 0 Å². The van der Waals surface area contributed by atoms with E-state index in [0.717, 1.165) is 42.6 Å². The maximum atomic E-state index is 12.0. The summed E-state index contributed by atoms with van der Waals surface area (Å²) < 4.78 is 0. The quantitative estimate of drug-likeness (QED) is 0.683. The molecular weight excluding hydrogens is 214 g/mol. The smallest absolute Gasteiger partial charge is 0.251 e. The number of benzene rings is 1. The first-order chi connectivity index (χ1) is 8.33. The van der Waals surface area contributed by atoms with Crippen molar-refractivity contribution in [3.8, 4) is 0 Å². The van der Waals surface area contributed by atoms with Crippen molar-refractivity contribution in [3.63, 3.8) is 0 Å². The van der Waals surface area contributed by atoms with E-state index >= 15 is 0 Å². The predicted octanol–water partition coefficient (Wildman–Crippen LogP) is 1.12. The summed E-state index contributed by atoms with van der Waals surface area (Å²) in [5.41, 5.74) is 8.44. The van der Waals surface area contributed by atoms with E-state index in [-0.39, 0.29) is 5.91 Å². The lowest BCUT2D eigenvalue weighted by atomic mass is 9.97. The molecule has 1 aliphatic rings. The van der Waals surface area contributed by atoms with Crippen molar-refractivity contribution in [2.75, 3.05) is 25.0 Å². The molecule has 0 radical (unpaired) electrons. The second kappa shape index (κ2) is 5.68. The monoisotopic (exact) mass is 233 g/mol. The van der Waals surface area contributed by atoms with Gasteiger partial charge in [-0.2, -0.15) is 0 Å². The molecule has 0 saturated heterocycles. The van der Waals surface area contributed by atoms with Crippen LogP contribution in [0.2, 0.25) is 0 Å². The molecule has 2 rings (SSSR count). The SMILES string of the molecule is NCCCNC(=O)c1cccc2c1CCCN2. The molecule has 0 unspecified atom stereocenters. The van der Waals surface area contributed by atoms with Crippen molar-refractivity contribution in [2.45, 2.75) is 19.3 Å². The van der Waals surface area contributed by atoms with Crippen LogP contribution in [0.4, 0.5) is 5.69 Å². The zero-order valence-corrected chi connectivity index (χ0v) is 9.96. The molecule has 92 valence electrons. The number of rotatable bonds is 4. The highest BCUT2D eigenvalue weighted by Crippen LogP contribution is 2.25. The molecule has 4 heteroatoms. The van der Waals surface area contributed by atoms with Gasteiger partial charge in [0.1, 0.15) is 0 Å². The Morgan fingerprint density at radius 1 is 1.47 bits per heavy atom. The number of hydrogen-bond acceptors (Lipinski definition) is 3. The van der Waals surface area contributed by atoms with Crippen molar-refractivity contribution in [2.24, 2.45) is 5.73 Å². The normalized spacial score (nSPS) is 13.7. The van der Waals surface area contributed by atoms with Gasteiger partial charge in [0.25, 0.3) is 5.91 Å². The summed E-state index contributed by atoms with van der Waals surface area (Å²) in [4.78, 5) is 12.0. The zero-order chi connectivity index (χ0) is 12.1. The fourth-order valence-corrected chi connectivity index (χ4v) is 2.12. The lowest BCUT2D eigenvalue weighted by Crippen LogP contribution is -2.28. The number of hydrogen-bond donors (Lipinski definition) is 3. The Kier molecular flexibility index (Phi) is 3.98. The molecule has 17 heavy (non-hydrogen) atoms. The molecule has 1 aromatic rings. The Morgan fingerprint density at radius 3 is 3.18 bits per heavy atom. The van der Waals surface area contributed by atoms with Crippen LogP contribution in [0.15, 0.2) is 18.2 Å². The minimum atomic E-state index is 0.0130. The van der Waals surface area contributed by atoms with Gasteiger partial charge in [-0.25, -0.2) is 0 Å². The van der Waals surface area contributed by atoms with Crippen LogP contribution in [-0.2, 0) is 6.42 Å². The minimum Gasteiger partial charge on any atom is -0.385 e. The molecular formula is C13H19N3O. The topological polar surface area (TPSA) is 67.1 Å². The third-order valence-corrected chi connectivity index (χ3v) is 3.01. The Labute approximate surface area is 102 Å². The molecule has 1 aromatic carbocycles. The fourth-order valence-electron chi connectivity index (χ4n) is 2.12. The number of nitrogens with two attached hydrogens (primary N) is 1. The second-order valence-corrected chi connectivity index (χ2v) is 4.26. The number of carbonyl (C=O) groups excluding carboxylic acids is 1. The Balaban J connectivity index is 2.12. The summed E-state index contributed by atoms with van der Waals surface area (Å²) in [7, 11) is 0. The van der Waals surface area contributed by atoms with E-state index in [2.05, 4.69) is 10.6 Å². The predicted molar refractivity (Wildman–Crippen MR) is 69.3 cm³/mol. The van der Waals surface area contributed by atoms with E-state index in [4.69, 9.17) is 5.73 Å². The van der Waals surface area contributed by atoms with E-state index in [1.807, 2.05) is 18.2 Å². The average Bonchev–Trinajstić information content (AvgIpc) is 2.38. The van der Waals surface area contributed by atoms with Gasteiger partial charge in [0, 0.05) is 24.3 Å². The molecule has 0 aromatic heterocycles. The number of amides is 1. The molecule has 0 bridgehead atoms. The van der Waals surface area contributed by atoms with Crippen LogP contribution >= 0.6 is 0 Å². The van der Waals surface area contributed by atoms with Gasteiger partial charge in [0.15, 0.2) is 0 Å². The minimum absolute atomic E-state index is 0.0130. The maximum absolute atomic E-state index is 12.0. The Hall–Kier alpha value is -1.55. The molecule has 0 fully saturated rings. The number of carbonyl (C=O) groups is 1. The highest BCUT2D eigenvalue weighted by atomic mass is 16.1. The van der Waals surface area contributed by atoms with Crippen molar-refractivity contribution < 1.29 is 4.79 Å². The van der Waals surface area contributed by atoms with Crippen LogP contribution in [0.5, 0.6) is 0 Å². The number of anilines is 1. The van der Waals surface area contributed by atoms with E-state index in [9.17, 15) is 4.79 Å². The number of nitrogens with one attached hydrogen (secondary N) is 2. The van der Waals surface area contributed by atoms with Crippen molar-refractivity contribution in [3.05, 3.63) is 29.3 Å². The van der Waals surface area contributed by atoms with Crippen LogP contribution in [0.25, 0.3) is 0 Å². The lowest BCUT2D eigenvalue weighted by molar-refractivity contribution is 0.0952. The van der Waals surface area contributed by atoms with Gasteiger partial charge in [0.05, 0.1) is 0 Å². The highest BCUT2D eigenvalue weighted by molar-refractivity contribution is 5.97. The van der Waals surface area contributed by atoms with Gasteiger partial charge in [-0.15, -0.1) is 0 Å². The standard InChI is InChI=1S/C13H19N3O/c14-7-3-9-16-13(17)11-4-1-6-12-10(11)5-2-8-15-12/h1,4,6,15H,2-3,5,7-9,14H2,(H,16,17). The molecule has 0 saturated carbocycles. The van der Waals surface area contributed by atoms with Crippen LogP contribution in [0, 0.1) is 0 Å². The van der Waals surface area contributed by atoms with Crippen molar-refractivity contribution in [1.29, 1.82) is 0 Å². The summed E-state index contributed by atoms with van der Waals surface area (Å²) in [6.07, 6.45) is 2.88. The van der Waals surface area contributed by atoms with Crippen LogP contribution < -0.4 is 16.4 Å². The second-order valence-electron chi connectivity index (χ2n) is 4.26. The first kappa shape index (κ1) is 11.9. The molecule has 4 nitrogen and oxygen atoms in total. The average molecular weight is 233 g/mol. The molecule has 4 N–H and O–H groups in total. The van der Waals surface area contributed by atoms with E-state index in [1.165, 1.54) is 0 Å². The summed E-state index contributed by atoms with van der Waals surface area (Å²) in [6, 6.07) is 5.85. The van der Waals surface area contributed by atoms with Crippen molar-refractivity contribution in [1.82, 2.24) is 5.32 Å². The number of fused-ring (bicyclic) bond motifs is 1. The zero-order valence-electron chi connectivity index (χ0n) is 9.96. The summed E-state index contributed by atoms with van der Waals surface area (Å²) in [6.45, 7) is 2.24. The van der Waals surface area contributed by atoms with E-state index in [1.54, 1.807) is 0 Å². The molecule has 0 atom stereocenters. The van der Waals surface area contributed by atoms with Gasteiger partial charge in [-0.3, -0.25) is 4.79 Å². The summed E-state index contributed by atoms with van der Waals surface area (Å²) >= 11 is 0. The first-order valence-corrected chi connectivity index (χ1v) is 6.17. The van der Waals surface area contributed by atoms with Crippen LogP contribution in [0.3, 0.4) is 0 Å². The maximum Gasteiger partial charge on any atom is 0.251 e. The fraction of sp³-hybridized carbons (Fsp3) is 0.462. The van der Waals surface area contributed by atoms with Gasteiger partial charge >= 0.3 is 0 Å². The molecule has 0 aliphatic carbocycles. The first-order valence-electron chi connectivity index (χ1n) is 6.17. The third-order valence-electron chi connectivity index (χ3n) is 3.01. The Morgan fingerprint density at radius 2 is 2.35 bits per heavy atom. The molecule has 1 amide bonds. The largest absolute Gasteiger partial charge is 0.385 e. The highest BCUT2D eigenvalue weighted by Gasteiger charge is 2.16. The summed E-state index contributed by atoms with van der Waals surface area (Å²) in [5.74, 6) is 0.0130. The van der Waals surface area contributed by atoms with Crippen molar-refractivity contribution >= 4 is 11.6 Å². The van der Waals surface area contributed by atoms with Gasteiger partial charge in [-0.05, 0) is 43.5 Å². The molecule has 1 aliphatic heterocycles. The van der Waals surface area contributed by atoms with Crippen LogP contribution in [-0.4, -0.2) is 25.5 Å². The van der Waals surface area contributed by atoms with Gasteiger partial charge in [-0.1, -0.05) is 6.07 Å². The van der Waals surface area contributed by atoms with E-state index in [0.29, 0.717) is 13.1 Å².